The molecule has 0 fully saturated rings. The van der Waals surface area contributed by atoms with Gasteiger partial charge in [0.05, 0.1) is 0 Å². The smallest absolute Gasteiger partial charge is 0.304 e. The zero-order chi connectivity index (χ0) is 6.83. The number of rotatable bonds is 2. The second-order valence-electron chi connectivity index (χ2n) is 0.403. The van der Waals surface area contributed by atoms with Crippen LogP contribution >= 0.6 is 0 Å². The van der Waals surface area contributed by atoms with Gasteiger partial charge in [-0.1, -0.05) is 0 Å². The third-order valence-electron chi connectivity index (χ3n) is 0.0861. The van der Waals surface area contributed by atoms with Crippen LogP contribution < -0.4 is 0 Å². The third-order valence-corrected chi connectivity index (χ3v) is 0.0861. The minimum atomic E-state index is -0.0694. The fourth-order valence-corrected chi connectivity index (χ4v) is 0. The van der Waals surface area contributed by atoms with Crippen LogP contribution in [-0.2, 0) is 19.4 Å². The highest BCUT2D eigenvalue weighted by molar-refractivity contribution is 5.35. The summed E-state index contributed by atoms with van der Waals surface area (Å²) in [4.78, 5) is 23.1. The summed E-state index contributed by atoms with van der Waals surface area (Å²) in [5, 5.41) is 14.0. The Balaban J connectivity index is 0. The van der Waals surface area contributed by atoms with Gasteiger partial charge in [0.15, 0.2) is 0 Å². The molecule has 0 aliphatic carbocycles. The van der Waals surface area contributed by atoms with Gasteiger partial charge in [-0.2, -0.15) is 0 Å². The van der Waals surface area contributed by atoms with E-state index in [0.717, 1.165) is 0 Å². The van der Waals surface area contributed by atoms with Crippen molar-refractivity contribution in [1.82, 2.24) is 0 Å². The molecule has 6 nitrogen and oxygen atoms in total. The molecule has 0 bridgehead atoms. The third kappa shape index (κ3) is 97.9. The Hall–Kier alpha value is -1.14. The van der Waals surface area contributed by atoms with E-state index >= 15 is 0 Å². The maximum absolute atomic E-state index is 8.70. The molecule has 0 amide bonds. The van der Waals surface area contributed by atoms with Crippen molar-refractivity contribution in [3.63, 3.8) is 0 Å². The minimum absolute atomic E-state index is 0.0694. The summed E-state index contributed by atoms with van der Waals surface area (Å²) in [6.07, 6.45) is 0. The summed E-state index contributed by atoms with van der Waals surface area (Å²) in [5.41, 5.74) is 0. The maximum atomic E-state index is 8.70. The van der Waals surface area contributed by atoms with E-state index in [9.17, 15) is 0 Å². The molecule has 6 heteroatoms. The number of carbonyl (C=O) groups excluding carboxylic acids is 2. The second kappa shape index (κ2) is 16.9. The van der Waals surface area contributed by atoms with Crippen LogP contribution in [0, 0.1) is 0 Å². The predicted octanol–water partition coefficient (Wildman–Crippen LogP) is -0.735. The molecule has 0 radical (unpaired) electrons. The molecular formula is C2H4O6. The predicted molar refractivity (Wildman–Crippen MR) is 19.6 cm³/mol. The van der Waals surface area contributed by atoms with Crippen LogP contribution in [0.25, 0.3) is 0 Å². The molecule has 2 N–H and O–H groups in total. The standard InChI is InChI=1S/2CH2O3/c2*2-1-4-3/h2*1,3H. The number of hydrogen-bond acceptors (Lipinski definition) is 6. The van der Waals surface area contributed by atoms with Crippen molar-refractivity contribution in [2.45, 2.75) is 0 Å². The van der Waals surface area contributed by atoms with Crippen LogP contribution in [0.1, 0.15) is 0 Å². The van der Waals surface area contributed by atoms with Crippen molar-refractivity contribution in [3.05, 3.63) is 0 Å². The van der Waals surface area contributed by atoms with Crippen LogP contribution in [0.5, 0.6) is 0 Å². The topological polar surface area (TPSA) is 93.1 Å². The lowest BCUT2D eigenvalue weighted by molar-refractivity contribution is -0.217. The highest BCUT2D eigenvalue weighted by atomic mass is 17.1. The van der Waals surface area contributed by atoms with Crippen LogP contribution in [0.3, 0.4) is 0 Å². The van der Waals surface area contributed by atoms with Crippen LogP contribution in [0.2, 0.25) is 0 Å². The van der Waals surface area contributed by atoms with Gasteiger partial charge in [0.1, 0.15) is 0 Å². The largest absolute Gasteiger partial charge is 0.330 e. The molecule has 0 heterocycles. The van der Waals surface area contributed by atoms with Crippen molar-refractivity contribution in [2.24, 2.45) is 0 Å². The first-order valence-electron chi connectivity index (χ1n) is 1.31. The average Bonchev–Trinajstić information content (AvgIpc) is 1.88. The molecule has 0 aliphatic rings. The molecule has 0 aromatic carbocycles. The second-order valence-corrected chi connectivity index (χ2v) is 0.403. The Morgan fingerprint density at radius 1 is 1.00 bits per heavy atom. The summed E-state index contributed by atoms with van der Waals surface area (Å²) >= 11 is 0. The van der Waals surface area contributed by atoms with Gasteiger partial charge in [-0.05, 0) is 0 Å². The molecule has 48 valence electrons. The molecule has 0 saturated carbocycles. The molecular weight excluding hydrogens is 120 g/mol. The van der Waals surface area contributed by atoms with Crippen LogP contribution in [0.15, 0.2) is 0 Å². The Labute approximate surface area is 44.1 Å². The van der Waals surface area contributed by atoms with Gasteiger partial charge in [-0.25, -0.2) is 10.5 Å². The van der Waals surface area contributed by atoms with Gasteiger partial charge in [0.2, 0.25) is 0 Å². The summed E-state index contributed by atoms with van der Waals surface area (Å²) in [7, 11) is 0. The first-order chi connectivity index (χ1) is 3.83. The highest BCUT2D eigenvalue weighted by Crippen LogP contribution is 1.34. The number of hydrogen-bond donors (Lipinski definition) is 2. The van der Waals surface area contributed by atoms with Gasteiger partial charge in [0, 0.05) is 0 Å². The quantitative estimate of drug-likeness (QED) is 0.286. The maximum Gasteiger partial charge on any atom is 0.330 e. The lowest BCUT2D eigenvalue weighted by Gasteiger charge is -1.63. The molecule has 0 unspecified atom stereocenters. The highest BCUT2D eigenvalue weighted by Gasteiger charge is 1.47. The molecule has 0 spiro atoms. The number of carbonyl (C=O) groups is 2. The van der Waals surface area contributed by atoms with Crippen molar-refractivity contribution >= 4 is 12.9 Å². The van der Waals surface area contributed by atoms with Crippen LogP contribution in [-0.4, -0.2) is 23.5 Å². The molecule has 0 aromatic heterocycles. The monoisotopic (exact) mass is 124 g/mol. The van der Waals surface area contributed by atoms with Crippen molar-refractivity contribution < 1.29 is 29.9 Å². The van der Waals surface area contributed by atoms with E-state index in [1.54, 1.807) is 0 Å². The van der Waals surface area contributed by atoms with E-state index in [1.807, 2.05) is 0 Å². The van der Waals surface area contributed by atoms with E-state index < -0.39 is 0 Å². The minimum Gasteiger partial charge on any atom is -0.304 e. The van der Waals surface area contributed by atoms with Crippen LogP contribution in [0.4, 0.5) is 0 Å². The van der Waals surface area contributed by atoms with Crippen molar-refractivity contribution in [2.75, 3.05) is 0 Å². The van der Waals surface area contributed by atoms with E-state index in [4.69, 9.17) is 20.1 Å². The summed E-state index contributed by atoms with van der Waals surface area (Å²) in [6.45, 7) is -0.139. The van der Waals surface area contributed by atoms with Crippen molar-refractivity contribution in [3.8, 4) is 0 Å². The van der Waals surface area contributed by atoms with E-state index in [1.165, 1.54) is 0 Å². The van der Waals surface area contributed by atoms with Crippen molar-refractivity contribution in [1.29, 1.82) is 0 Å². The summed E-state index contributed by atoms with van der Waals surface area (Å²) in [5.74, 6) is 0. The molecule has 0 saturated heterocycles. The molecule has 0 atom stereocenters. The molecule has 0 aliphatic heterocycles. The average molecular weight is 124 g/mol. The SMILES string of the molecule is O=COO.O=COO. The van der Waals surface area contributed by atoms with Gasteiger partial charge >= 0.3 is 12.9 Å². The first-order valence-corrected chi connectivity index (χ1v) is 1.31. The zero-order valence-corrected chi connectivity index (χ0v) is 3.68. The van der Waals surface area contributed by atoms with Gasteiger partial charge in [-0.3, -0.25) is 9.59 Å². The summed E-state index contributed by atoms with van der Waals surface area (Å²) < 4.78 is 0. The Morgan fingerprint density at radius 3 is 1.12 bits per heavy atom. The van der Waals surface area contributed by atoms with Gasteiger partial charge in [0.25, 0.3) is 0 Å². The van der Waals surface area contributed by atoms with Gasteiger partial charge < -0.3 is 9.78 Å². The normalized spacial score (nSPS) is 5.25. The Bertz CT molecular complexity index is 42.5. The Morgan fingerprint density at radius 2 is 1.12 bits per heavy atom. The fourth-order valence-electron chi connectivity index (χ4n) is 0. The zero-order valence-electron chi connectivity index (χ0n) is 3.68. The Kier molecular flexibility index (Phi) is 21.1. The fraction of sp³-hybridized carbons (Fsp3) is 0. The first kappa shape index (κ1) is 9.97. The van der Waals surface area contributed by atoms with E-state index in [0.29, 0.717) is 0 Å². The van der Waals surface area contributed by atoms with Gasteiger partial charge in [-0.15, -0.1) is 0 Å². The lowest BCUT2D eigenvalue weighted by Crippen LogP contribution is -1.69. The molecule has 8 heavy (non-hydrogen) atoms. The lowest BCUT2D eigenvalue weighted by atomic mass is 11.7. The molecule has 0 aromatic rings. The van der Waals surface area contributed by atoms with E-state index in [2.05, 4.69) is 9.78 Å². The molecule has 0 rings (SSSR count). The summed E-state index contributed by atoms with van der Waals surface area (Å²) in [6, 6.07) is 0. The van der Waals surface area contributed by atoms with E-state index in [-0.39, 0.29) is 12.9 Å².